The number of methoxy groups -OCH3 is 3. The lowest BCUT2D eigenvalue weighted by Crippen LogP contribution is -2.37. The van der Waals surface area contributed by atoms with Crippen molar-refractivity contribution < 1.29 is 28.6 Å². The molecule has 0 bridgehead atoms. The molecule has 3 aromatic rings. The fraction of sp³-hybridized carbons (Fsp3) is 0.222. The number of carbonyl (C=O) groups is 3. The molecule has 1 aliphatic heterocycles. The molecule has 4 rings (SSSR count). The lowest BCUT2D eigenvalue weighted by atomic mass is 10.1. The molecule has 1 unspecified atom stereocenters. The highest BCUT2D eigenvalue weighted by Crippen LogP contribution is 2.31. The molecule has 4 amide bonds. The van der Waals surface area contributed by atoms with Crippen LogP contribution in [0.3, 0.4) is 0 Å². The summed E-state index contributed by atoms with van der Waals surface area (Å²) in [6.07, 6.45) is -0.201. The van der Waals surface area contributed by atoms with Crippen molar-refractivity contribution in [2.75, 3.05) is 31.5 Å². The predicted molar refractivity (Wildman–Crippen MR) is 134 cm³/mol. The van der Waals surface area contributed by atoms with Crippen molar-refractivity contribution in [2.45, 2.75) is 19.0 Å². The van der Waals surface area contributed by atoms with E-state index in [2.05, 4.69) is 5.32 Å². The largest absolute Gasteiger partial charge is 0.497 e. The Morgan fingerprint density at radius 1 is 0.833 bits per heavy atom. The topological polar surface area (TPSA) is 97.4 Å². The molecule has 36 heavy (non-hydrogen) atoms. The van der Waals surface area contributed by atoms with Gasteiger partial charge in [-0.1, -0.05) is 18.2 Å². The first kappa shape index (κ1) is 24.6. The van der Waals surface area contributed by atoms with Gasteiger partial charge < -0.3 is 24.4 Å². The van der Waals surface area contributed by atoms with Crippen LogP contribution in [0.25, 0.3) is 0 Å². The van der Waals surface area contributed by atoms with E-state index >= 15 is 0 Å². The third-order valence-electron chi connectivity index (χ3n) is 5.89. The quantitative estimate of drug-likeness (QED) is 0.455. The van der Waals surface area contributed by atoms with E-state index in [4.69, 9.17) is 14.2 Å². The number of carbonyl (C=O) groups excluding carboxylic acids is 3. The van der Waals surface area contributed by atoms with Crippen molar-refractivity contribution in [3.8, 4) is 17.2 Å². The van der Waals surface area contributed by atoms with Gasteiger partial charge in [-0.3, -0.25) is 9.59 Å². The van der Waals surface area contributed by atoms with Crippen LogP contribution in [0.15, 0.2) is 72.8 Å². The highest BCUT2D eigenvalue weighted by Gasteiger charge is 2.46. The second-order valence-corrected chi connectivity index (χ2v) is 8.13. The first-order valence-corrected chi connectivity index (χ1v) is 11.3. The van der Waals surface area contributed by atoms with Crippen LogP contribution in [0.4, 0.5) is 16.2 Å². The lowest BCUT2D eigenvalue weighted by Gasteiger charge is -2.22. The minimum absolute atomic E-state index is 0.148. The van der Waals surface area contributed by atoms with Crippen molar-refractivity contribution in [1.29, 1.82) is 0 Å². The van der Waals surface area contributed by atoms with Gasteiger partial charge in [0.1, 0.15) is 23.3 Å². The number of nitrogens with zero attached hydrogens (tertiary/aromatic N) is 2. The molecule has 0 spiro atoms. The maximum atomic E-state index is 13.5. The maximum absolute atomic E-state index is 13.5. The Kier molecular flexibility index (Phi) is 7.39. The van der Waals surface area contributed by atoms with Gasteiger partial charge in [0.25, 0.3) is 5.91 Å². The molecule has 1 heterocycles. The van der Waals surface area contributed by atoms with Crippen LogP contribution in [0.2, 0.25) is 0 Å². The summed E-state index contributed by atoms with van der Waals surface area (Å²) in [7, 11) is 4.64. The van der Waals surface area contributed by atoms with E-state index in [1.807, 2.05) is 12.1 Å². The molecule has 1 N–H and O–H groups in total. The number of nitrogens with one attached hydrogen (secondary N) is 1. The molecule has 0 aromatic heterocycles. The zero-order chi connectivity index (χ0) is 25.7. The molecule has 0 radical (unpaired) electrons. The normalized spacial score (nSPS) is 15.1. The van der Waals surface area contributed by atoms with Gasteiger partial charge in [0, 0.05) is 18.3 Å². The van der Waals surface area contributed by atoms with E-state index in [0.29, 0.717) is 28.6 Å². The molecule has 0 aliphatic carbocycles. The average molecular weight is 490 g/mol. The third-order valence-corrected chi connectivity index (χ3v) is 5.89. The Hall–Kier alpha value is -4.53. The van der Waals surface area contributed by atoms with Crippen LogP contribution in [0.5, 0.6) is 17.2 Å². The monoisotopic (exact) mass is 489 g/mol. The molecule has 0 saturated carbocycles. The Morgan fingerprint density at radius 3 is 2.06 bits per heavy atom. The summed E-state index contributed by atoms with van der Waals surface area (Å²) >= 11 is 0. The summed E-state index contributed by atoms with van der Waals surface area (Å²) in [6.45, 7) is 0.148. The van der Waals surface area contributed by atoms with Gasteiger partial charge in [0.05, 0.1) is 33.4 Å². The van der Waals surface area contributed by atoms with E-state index in [0.717, 1.165) is 10.5 Å². The number of ether oxygens (including phenoxy) is 3. The van der Waals surface area contributed by atoms with Crippen LogP contribution in [-0.2, 0) is 16.1 Å². The fourth-order valence-electron chi connectivity index (χ4n) is 3.99. The molecular weight excluding hydrogens is 462 g/mol. The summed E-state index contributed by atoms with van der Waals surface area (Å²) in [5, 5.41) is 2.79. The first-order chi connectivity index (χ1) is 17.4. The smallest absolute Gasteiger partial charge is 0.332 e. The minimum atomic E-state index is -0.982. The first-order valence-electron chi connectivity index (χ1n) is 11.3. The Balaban J connectivity index is 1.59. The second-order valence-electron chi connectivity index (χ2n) is 8.13. The molecule has 1 atom stereocenters. The number of hydrogen-bond acceptors (Lipinski definition) is 6. The van der Waals surface area contributed by atoms with Crippen molar-refractivity contribution in [1.82, 2.24) is 4.90 Å². The number of imide groups is 1. The minimum Gasteiger partial charge on any atom is -0.497 e. The number of anilines is 2. The number of amides is 4. The van der Waals surface area contributed by atoms with Gasteiger partial charge >= 0.3 is 6.03 Å². The van der Waals surface area contributed by atoms with Crippen molar-refractivity contribution in [3.63, 3.8) is 0 Å². The highest BCUT2D eigenvalue weighted by molar-refractivity contribution is 6.22. The molecule has 186 valence electrons. The molecule has 1 aliphatic rings. The SMILES string of the molecule is COc1ccc(CN2C(=O)N(c3cccc(OC)c3)C(=O)C2CC(=O)Nc2ccc(OC)cc2)cc1. The predicted octanol–water partition coefficient (Wildman–Crippen LogP) is 4.08. The molecule has 9 heteroatoms. The molecule has 9 nitrogen and oxygen atoms in total. The molecule has 3 aromatic carbocycles. The summed E-state index contributed by atoms with van der Waals surface area (Å²) < 4.78 is 15.6. The summed E-state index contributed by atoms with van der Waals surface area (Å²) in [6, 6.07) is 19.3. The van der Waals surface area contributed by atoms with Crippen molar-refractivity contribution >= 4 is 29.2 Å². The van der Waals surface area contributed by atoms with Crippen LogP contribution in [0.1, 0.15) is 12.0 Å². The van der Waals surface area contributed by atoms with Crippen LogP contribution >= 0.6 is 0 Å². The van der Waals surface area contributed by atoms with E-state index in [1.165, 1.54) is 12.0 Å². The van der Waals surface area contributed by atoms with Gasteiger partial charge in [0.2, 0.25) is 5.91 Å². The zero-order valence-corrected chi connectivity index (χ0v) is 20.3. The standard InChI is InChI=1S/C27H27N3O6/c1-34-21-11-7-18(8-12-21)17-29-24(16-25(31)28-19-9-13-22(35-2)14-10-19)26(32)30(27(29)33)20-5-4-6-23(15-20)36-3/h4-15,24H,16-17H2,1-3H3,(H,28,31). The third kappa shape index (κ3) is 5.25. The number of hydrogen-bond donors (Lipinski definition) is 1. The summed E-state index contributed by atoms with van der Waals surface area (Å²) in [4.78, 5) is 42.4. The number of benzene rings is 3. The Labute approximate surface area is 209 Å². The van der Waals surface area contributed by atoms with E-state index in [9.17, 15) is 14.4 Å². The number of rotatable bonds is 9. The van der Waals surface area contributed by atoms with Gasteiger partial charge in [-0.2, -0.15) is 0 Å². The maximum Gasteiger partial charge on any atom is 0.332 e. The van der Waals surface area contributed by atoms with Crippen LogP contribution in [0, 0.1) is 0 Å². The fourth-order valence-corrected chi connectivity index (χ4v) is 3.99. The highest BCUT2D eigenvalue weighted by atomic mass is 16.5. The zero-order valence-electron chi connectivity index (χ0n) is 20.3. The Bertz CT molecular complexity index is 1240. The van der Waals surface area contributed by atoms with E-state index in [1.54, 1.807) is 74.9 Å². The van der Waals surface area contributed by atoms with Gasteiger partial charge in [-0.15, -0.1) is 0 Å². The van der Waals surface area contributed by atoms with E-state index in [-0.39, 0.29) is 13.0 Å². The Morgan fingerprint density at radius 2 is 1.44 bits per heavy atom. The molecule has 1 saturated heterocycles. The number of urea groups is 1. The summed E-state index contributed by atoms with van der Waals surface area (Å²) in [5.74, 6) is 0.973. The van der Waals surface area contributed by atoms with Crippen molar-refractivity contribution in [2.24, 2.45) is 0 Å². The van der Waals surface area contributed by atoms with E-state index < -0.39 is 23.9 Å². The van der Waals surface area contributed by atoms with Crippen LogP contribution < -0.4 is 24.4 Å². The van der Waals surface area contributed by atoms with Gasteiger partial charge in [0.15, 0.2) is 0 Å². The van der Waals surface area contributed by atoms with Gasteiger partial charge in [-0.25, -0.2) is 9.69 Å². The second kappa shape index (κ2) is 10.8. The lowest BCUT2D eigenvalue weighted by molar-refractivity contribution is -0.124. The summed E-state index contributed by atoms with van der Waals surface area (Å²) in [5.41, 5.74) is 1.73. The molecular formula is C27H27N3O6. The average Bonchev–Trinajstić information content (AvgIpc) is 3.13. The van der Waals surface area contributed by atoms with Crippen LogP contribution in [-0.4, -0.2) is 50.1 Å². The van der Waals surface area contributed by atoms with Gasteiger partial charge in [-0.05, 0) is 54.1 Å². The van der Waals surface area contributed by atoms with Crippen molar-refractivity contribution in [3.05, 3.63) is 78.4 Å². The molecule has 1 fully saturated rings.